The van der Waals surface area contributed by atoms with Crippen molar-refractivity contribution in [2.75, 3.05) is 6.54 Å². The Morgan fingerprint density at radius 3 is 2.64 bits per heavy atom. The fraction of sp³-hybridized carbons (Fsp3) is 0.857. The summed E-state index contributed by atoms with van der Waals surface area (Å²) in [7, 11) is 0. The minimum atomic E-state index is 0.522. The molecule has 0 fully saturated rings. The molecule has 3 nitrogen and oxygen atoms in total. The maximum Gasteiger partial charge on any atom is 0.180 e. The van der Waals surface area contributed by atoms with Crippen LogP contribution in [0, 0.1) is 5.92 Å². The number of hydrazine groups is 1. The van der Waals surface area contributed by atoms with Gasteiger partial charge in [0.25, 0.3) is 0 Å². The summed E-state index contributed by atoms with van der Waals surface area (Å²) in [6, 6.07) is 0. The molecule has 0 amide bonds. The second kappa shape index (κ2) is 6.37. The first-order chi connectivity index (χ1) is 5.16. The Morgan fingerprint density at radius 2 is 2.18 bits per heavy atom. The van der Waals surface area contributed by atoms with Crippen molar-refractivity contribution in [1.82, 2.24) is 10.7 Å². The Kier molecular flexibility index (Phi) is 6.16. The zero-order valence-corrected chi connectivity index (χ0v) is 8.00. The first-order valence-electron chi connectivity index (χ1n) is 3.91. The summed E-state index contributed by atoms with van der Waals surface area (Å²) >= 11 is 4.79. The lowest BCUT2D eigenvalue weighted by Gasteiger charge is -2.07. The molecule has 0 unspecified atom stereocenters. The van der Waals surface area contributed by atoms with Crippen LogP contribution >= 0.6 is 12.2 Å². The molecule has 0 saturated heterocycles. The molecule has 0 atom stereocenters. The van der Waals surface area contributed by atoms with Crippen molar-refractivity contribution in [1.29, 1.82) is 0 Å². The van der Waals surface area contributed by atoms with Gasteiger partial charge < -0.3 is 10.7 Å². The summed E-state index contributed by atoms with van der Waals surface area (Å²) in [5.74, 6) is 5.82. The summed E-state index contributed by atoms with van der Waals surface area (Å²) < 4.78 is 0. The van der Waals surface area contributed by atoms with Gasteiger partial charge in [0.05, 0.1) is 0 Å². The lowest BCUT2D eigenvalue weighted by atomic mass is 10.1. The average Bonchev–Trinajstić information content (AvgIpc) is 1.97. The summed E-state index contributed by atoms with van der Waals surface area (Å²) in [4.78, 5) is 0. The predicted octanol–water partition coefficient (Wildman–Crippen LogP) is 0.760. The van der Waals surface area contributed by atoms with E-state index in [9.17, 15) is 0 Å². The van der Waals surface area contributed by atoms with Gasteiger partial charge in [0.15, 0.2) is 5.11 Å². The van der Waals surface area contributed by atoms with Gasteiger partial charge in [0, 0.05) is 6.54 Å². The molecule has 0 aromatic carbocycles. The third-order valence-corrected chi connectivity index (χ3v) is 1.64. The zero-order chi connectivity index (χ0) is 8.69. The predicted molar refractivity (Wildman–Crippen MR) is 52.0 cm³/mol. The van der Waals surface area contributed by atoms with Crippen LogP contribution < -0.4 is 16.6 Å². The van der Waals surface area contributed by atoms with E-state index in [2.05, 4.69) is 24.6 Å². The first-order valence-corrected chi connectivity index (χ1v) is 4.32. The molecule has 0 spiro atoms. The standard InChI is InChI=1S/C7H17N3S/c1-6(2)4-3-5-9-7(11)10-8/h6H,3-5,8H2,1-2H3,(H2,9,10,11). The largest absolute Gasteiger partial charge is 0.362 e. The minimum absolute atomic E-state index is 0.522. The van der Waals surface area contributed by atoms with Gasteiger partial charge in [-0.25, -0.2) is 5.84 Å². The summed E-state index contributed by atoms with van der Waals surface area (Å²) in [5, 5.41) is 3.51. The molecule has 4 heteroatoms. The lowest BCUT2D eigenvalue weighted by Crippen LogP contribution is -2.39. The molecule has 4 N–H and O–H groups in total. The van der Waals surface area contributed by atoms with Crippen LogP contribution in [0.1, 0.15) is 26.7 Å². The van der Waals surface area contributed by atoms with Crippen LogP contribution in [-0.2, 0) is 0 Å². The van der Waals surface area contributed by atoms with E-state index < -0.39 is 0 Å². The van der Waals surface area contributed by atoms with E-state index in [1.54, 1.807) is 0 Å². The Morgan fingerprint density at radius 1 is 1.55 bits per heavy atom. The molecule has 66 valence electrons. The van der Waals surface area contributed by atoms with Crippen molar-refractivity contribution >= 4 is 17.3 Å². The van der Waals surface area contributed by atoms with E-state index in [1.807, 2.05) is 0 Å². The fourth-order valence-electron chi connectivity index (χ4n) is 0.763. The van der Waals surface area contributed by atoms with Crippen molar-refractivity contribution in [2.45, 2.75) is 26.7 Å². The van der Waals surface area contributed by atoms with Gasteiger partial charge in [0.1, 0.15) is 0 Å². The van der Waals surface area contributed by atoms with Crippen molar-refractivity contribution in [3.8, 4) is 0 Å². The third kappa shape index (κ3) is 7.55. The van der Waals surface area contributed by atoms with E-state index in [1.165, 1.54) is 6.42 Å². The second-order valence-corrected chi connectivity index (χ2v) is 3.34. The van der Waals surface area contributed by atoms with E-state index in [0.717, 1.165) is 18.9 Å². The highest BCUT2D eigenvalue weighted by Gasteiger charge is 1.94. The van der Waals surface area contributed by atoms with Gasteiger partial charge in [0.2, 0.25) is 0 Å². The highest BCUT2D eigenvalue weighted by atomic mass is 32.1. The van der Waals surface area contributed by atoms with Crippen LogP contribution in [0.4, 0.5) is 0 Å². The van der Waals surface area contributed by atoms with Crippen molar-refractivity contribution in [2.24, 2.45) is 11.8 Å². The molecule has 0 aliphatic rings. The molecule has 0 radical (unpaired) electrons. The topological polar surface area (TPSA) is 50.1 Å². The molecular weight excluding hydrogens is 158 g/mol. The quantitative estimate of drug-likeness (QED) is 0.255. The molecular formula is C7H17N3S. The van der Waals surface area contributed by atoms with Crippen LogP contribution in [0.5, 0.6) is 0 Å². The SMILES string of the molecule is CC(C)CCCNC(=S)NN. The Labute approximate surface area is 73.7 Å². The number of nitrogens with one attached hydrogen (secondary N) is 2. The average molecular weight is 175 g/mol. The van der Waals surface area contributed by atoms with Crippen LogP contribution in [0.25, 0.3) is 0 Å². The Balaban J connectivity index is 3.08. The van der Waals surface area contributed by atoms with Crippen LogP contribution in [0.2, 0.25) is 0 Å². The van der Waals surface area contributed by atoms with Crippen LogP contribution in [0.15, 0.2) is 0 Å². The van der Waals surface area contributed by atoms with Crippen LogP contribution in [0.3, 0.4) is 0 Å². The van der Waals surface area contributed by atoms with E-state index in [0.29, 0.717) is 5.11 Å². The van der Waals surface area contributed by atoms with Crippen molar-refractivity contribution < 1.29 is 0 Å². The minimum Gasteiger partial charge on any atom is -0.362 e. The summed E-state index contributed by atoms with van der Waals surface area (Å²) in [6.45, 7) is 5.32. The van der Waals surface area contributed by atoms with Gasteiger partial charge in [-0.1, -0.05) is 13.8 Å². The zero-order valence-electron chi connectivity index (χ0n) is 7.18. The van der Waals surface area contributed by atoms with E-state index in [4.69, 9.17) is 18.1 Å². The molecule has 11 heavy (non-hydrogen) atoms. The smallest absolute Gasteiger partial charge is 0.180 e. The lowest BCUT2D eigenvalue weighted by molar-refractivity contribution is 0.550. The highest BCUT2D eigenvalue weighted by molar-refractivity contribution is 7.80. The molecule has 0 bridgehead atoms. The third-order valence-electron chi connectivity index (χ3n) is 1.37. The number of hydrogen-bond donors (Lipinski definition) is 3. The molecule has 0 aromatic rings. The molecule has 0 rings (SSSR count). The highest BCUT2D eigenvalue weighted by Crippen LogP contribution is 2.01. The van der Waals surface area contributed by atoms with Gasteiger partial charge in [-0.2, -0.15) is 0 Å². The number of rotatable bonds is 4. The number of thiocarbonyl (C=S) groups is 1. The van der Waals surface area contributed by atoms with Gasteiger partial charge in [-0.3, -0.25) is 0 Å². The first kappa shape index (κ1) is 10.7. The Hall–Kier alpha value is -0.350. The second-order valence-electron chi connectivity index (χ2n) is 2.94. The summed E-state index contributed by atoms with van der Waals surface area (Å²) in [6.07, 6.45) is 2.36. The van der Waals surface area contributed by atoms with Gasteiger partial charge >= 0.3 is 0 Å². The molecule has 0 aliphatic heterocycles. The maximum atomic E-state index is 5.06. The fourth-order valence-corrected chi connectivity index (χ4v) is 0.865. The molecule has 0 aromatic heterocycles. The molecule has 0 saturated carbocycles. The normalized spacial score (nSPS) is 9.82. The number of hydrogen-bond acceptors (Lipinski definition) is 2. The Bertz CT molecular complexity index is 114. The van der Waals surface area contributed by atoms with E-state index in [-0.39, 0.29) is 0 Å². The molecule has 0 aliphatic carbocycles. The van der Waals surface area contributed by atoms with E-state index >= 15 is 0 Å². The monoisotopic (exact) mass is 175 g/mol. The number of nitrogens with two attached hydrogens (primary N) is 1. The van der Waals surface area contributed by atoms with Crippen molar-refractivity contribution in [3.05, 3.63) is 0 Å². The molecule has 0 heterocycles. The van der Waals surface area contributed by atoms with Gasteiger partial charge in [-0.05, 0) is 31.0 Å². The van der Waals surface area contributed by atoms with Crippen molar-refractivity contribution in [3.63, 3.8) is 0 Å². The van der Waals surface area contributed by atoms with Crippen LogP contribution in [-0.4, -0.2) is 11.7 Å². The van der Waals surface area contributed by atoms with Gasteiger partial charge in [-0.15, -0.1) is 0 Å². The summed E-state index contributed by atoms with van der Waals surface area (Å²) in [5.41, 5.74) is 2.37. The maximum absolute atomic E-state index is 5.06.